The van der Waals surface area contributed by atoms with Gasteiger partial charge in [0, 0.05) is 72.3 Å². The zero-order valence-electron chi connectivity index (χ0n) is 36.0. The number of hydrogen-bond acceptors (Lipinski definition) is 10. The smallest absolute Gasteiger partial charge is 0.128 e. The third-order valence-corrected chi connectivity index (χ3v) is 12.0. The van der Waals surface area contributed by atoms with Crippen LogP contribution in [0.5, 0.6) is 23.0 Å². The number of ether oxygens (including phenoxy) is 4. The van der Waals surface area contributed by atoms with Gasteiger partial charge in [0.1, 0.15) is 61.6 Å². The van der Waals surface area contributed by atoms with Gasteiger partial charge in [-0.25, -0.2) is 0 Å². The van der Waals surface area contributed by atoms with E-state index in [9.17, 15) is 10.5 Å². The molecule has 2 aliphatic heterocycles. The van der Waals surface area contributed by atoms with Crippen LogP contribution in [0.15, 0.2) is 97.6 Å². The van der Waals surface area contributed by atoms with Crippen molar-refractivity contribution in [2.24, 2.45) is 0 Å². The second-order valence-electron chi connectivity index (χ2n) is 16.4. The third-order valence-electron chi connectivity index (χ3n) is 12.0. The molecule has 10 nitrogen and oxygen atoms in total. The molecule has 2 fully saturated rings. The van der Waals surface area contributed by atoms with Gasteiger partial charge in [-0.1, -0.05) is 36.4 Å². The Morgan fingerprint density at radius 3 is 1.31 bits per heavy atom. The molecule has 0 spiro atoms. The molecular formula is C52H52N6O4. The van der Waals surface area contributed by atoms with E-state index in [1.165, 1.54) is 12.8 Å². The highest BCUT2D eigenvalue weighted by atomic mass is 16.5. The number of nitrogens with zero attached hydrogens (tertiary/aromatic N) is 6. The Morgan fingerprint density at radius 1 is 0.500 bits per heavy atom. The highest BCUT2D eigenvalue weighted by Gasteiger charge is 2.21. The monoisotopic (exact) mass is 824 g/mol. The van der Waals surface area contributed by atoms with Crippen molar-refractivity contribution in [3.05, 3.63) is 164 Å². The van der Waals surface area contributed by atoms with Gasteiger partial charge in [-0.3, -0.25) is 19.8 Å². The van der Waals surface area contributed by atoms with Crippen LogP contribution in [0, 0.1) is 50.4 Å². The van der Waals surface area contributed by atoms with E-state index in [0.717, 1.165) is 129 Å². The minimum Gasteiger partial charge on any atom is -0.488 e. The maximum Gasteiger partial charge on any atom is 0.128 e. The van der Waals surface area contributed by atoms with Crippen molar-refractivity contribution in [3.63, 3.8) is 0 Å². The first-order chi connectivity index (χ1) is 30.2. The lowest BCUT2D eigenvalue weighted by atomic mass is 9.92. The topological polar surface area (TPSA) is 117 Å². The summed E-state index contributed by atoms with van der Waals surface area (Å²) < 4.78 is 26.0. The van der Waals surface area contributed by atoms with Gasteiger partial charge < -0.3 is 18.9 Å². The van der Waals surface area contributed by atoms with Crippen LogP contribution in [-0.4, -0.2) is 45.9 Å². The van der Waals surface area contributed by atoms with Crippen molar-refractivity contribution >= 4 is 0 Å². The Kier molecular flexibility index (Phi) is 13.1. The van der Waals surface area contributed by atoms with Gasteiger partial charge in [0.15, 0.2) is 0 Å². The molecule has 0 saturated carbocycles. The number of aryl methyl sites for hydroxylation is 2. The summed E-state index contributed by atoms with van der Waals surface area (Å²) in [5.74, 6) is 3.11. The van der Waals surface area contributed by atoms with E-state index >= 15 is 0 Å². The van der Waals surface area contributed by atoms with Crippen LogP contribution < -0.4 is 18.9 Å². The molecule has 0 radical (unpaired) electrons. The van der Waals surface area contributed by atoms with E-state index in [1.807, 2.05) is 24.3 Å². The number of benzene rings is 4. The summed E-state index contributed by atoms with van der Waals surface area (Å²) in [6.07, 6.45) is 9.02. The van der Waals surface area contributed by atoms with E-state index in [4.69, 9.17) is 18.9 Å². The molecule has 4 aromatic carbocycles. The molecule has 2 aromatic heterocycles. The van der Waals surface area contributed by atoms with Crippen molar-refractivity contribution in [2.75, 3.05) is 26.2 Å². The molecule has 0 aliphatic carbocycles. The predicted octanol–water partition coefficient (Wildman–Crippen LogP) is 9.85. The second-order valence-corrected chi connectivity index (χ2v) is 16.4. The summed E-state index contributed by atoms with van der Waals surface area (Å²) in [6.45, 7) is 15.9. The highest BCUT2D eigenvalue weighted by Crippen LogP contribution is 2.36. The number of rotatable bonds is 17. The Hall–Kier alpha value is -6.72. The molecule has 6 aromatic rings. The number of aromatic nitrogens is 2. The molecule has 10 heteroatoms. The van der Waals surface area contributed by atoms with Crippen LogP contribution >= 0.6 is 0 Å². The van der Waals surface area contributed by atoms with Crippen LogP contribution in [0.1, 0.15) is 79.6 Å². The molecule has 0 unspecified atom stereocenters. The molecule has 0 atom stereocenters. The van der Waals surface area contributed by atoms with Gasteiger partial charge in [-0.05, 0) is 135 Å². The number of likely N-dealkylation sites (tertiary alicyclic amines) is 2. The Bertz CT molecular complexity index is 2470. The lowest BCUT2D eigenvalue weighted by Crippen LogP contribution is -2.36. The average Bonchev–Trinajstić information content (AvgIpc) is 3.25. The van der Waals surface area contributed by atoms with Crippen LogP contribution in [0.3, 0.4) is 0 Å². The summed E-state index contributed by atoms with van der Waals surface area (Å²) in [4.78, 5) is 13.2. The highest BCUT2D eigenvalue weighted by molar-refractivity contribution is 5.72. The molecular weight excluding hydrogens is 773 g/mol. The molecule has 62 heavy (non-hydrogen) atoms. The van der Waals surface area contributed by atoms with Crippen LogP contribution in [-0.2, 0) is 39.5 Å². The minimum atomic E-state index is 0.307. The SMILES string of the molecule is Cc1cc(CN2CCC2)c(OCc2cncc(C#N)c2)cc1OCc1cccc(-c2cccc(COc3cc(OCc4cncc(C#N)c4)c(CN4CCC4)cc3C)c2C)c1C. The fourth-order valence-electron chi connectivity index (χ4n) is 8.00. The minimum absolute atomic E-state index is 0.307. The fraction of sp³-hybridized carbons (Fsp3) is 0.308. The van der Waals surface area contributed by atoms with Crippen LogP contribution in [0.4, 0.5) is 0 Å². The van der Waals surface area contributed by atoms with E-state index < -0.39 is 0 Å². The molecule has 0 bridgehead atoms. The first kappa shape index (κ1) is 42.0. The maximum absolute atomic E-state index is 9.36. The molecule has 8 rings (SSSR count). The Balaban J connectivity index is 0.977. The predicted molar refractivity (Wildman–Crippen MR) is 239 cm³/mol. The summed E-state index contributed by atoms with van der Waals surface area (Å²) >= 11 is 0. The molecule has 0 amide bonds. The third kappa shape index (κ3) is 9.90. The summed E-state index contributed by atoms with van der Waals surface area (Å²) in [7, 11) is 0. The summed E-state index contributed by atoms with van der Waals surface area (Å²) in [6, 6.07) is 29.2. The Labute approximate surface area is 364 Å². The van der Waals surface area contributed by atoms with Gasteiger partial charge >= 0.3 is 0 Å². The molecule has 2 saturated heterocycles. The van der Waals surface area contributed by atoms with Gasteiger partial charge in [0.2, 0.25) is 0 Å². The summed E-state index contributed by atoms with van der Waals surface area (Å²) in [5.41, 5.74) is 13.9. The number of pyridine rings is 2. The van der Waals surface area contributed by atoms with E-state index in [2.05, 4.69) is 108 Å². The van der Waals surface area contributed by atoms with Crippen molar-refractivity contribution in [1.29, 1.82) is 10.5 Å². The zero-order valence-corrected chi connectivity index (χ0v) is 36.0. The maximum atomic E-state index is 9.36. The lowest BCUT2D eigenvalue weighted by Gasteiger charge is -2.31. The largest absolute Gasteiger partial charge is 0.488 e. The van der Waals surface area contributed by atoms with Gasteiger partial charge in [0.05, 0.1) is 11.1 Å². The molecule has 2 aliphatic rings. The van der Waals surface area contributed by atoms with Crippen molar-refractivity contribution in [2.45, 2.75) is 80.1 Å². The van der Waals surface area contributed by atoms with Crippen LogP contribution in [0.25, 0.3) is 11.1 Å². The fourth-order valence-corrected chi connectivity index (χ4v) is 8.00. The van der Waals surface area contributed by atoms with Gasteiger partial charge in [-0.2, -0.15) is 10.5 Å². The quantitative estimate of drug-likeness (QED) is 0.0880. The van der Waals surface area contributed by atoms with Crippen molar-refractivity contribution in [3.8, 4) is 46.3 Å². The van der Waals surface area contributed by atoms with Gasteiger partial charge in [-0.15, -0.1) is 0 Å². The second kappa shape index (κ2) is 19.3. The van der Waals surface area contributed by atoms with E-state index in [0.29, 0.717) is 37.6 Å². The normalized spacial score (nSPS) is 13.6. The van der Waals surface area contributed by atoms with Gasteiger partial charge in [0.25, 0.3) is 0 Å². The molecule has 0 N–H and O–H groups in total. The lowest BCUT2D eigenvalue weighted by molar-refractivity contribution is 0.169. The van der Waals surface area contributed by atoms with Crippen molar-refractivity contribution in [1.82, 2.24) is 19.8 Å². The zero-order chi connectivity index (χ0) is 43.0. The van der Waals surface area contributed by atoms with E-state index in [-0.39, 0.29) is 0 Å². The first-order valence-electron chi connectivity index (χ1n) is 21.3. The van der Waals surface area contributed by atoms with E-state index in [1.54, 1.807) is 24.8 Å². The van der Waals surface area contributed by atoms with Crippen molar-refractivity contribution < 1.29 is 18.9 Å². The van der Waals surface area contributed by atoms with Crippen LogP contribution in [0.2, 0.25) is 0 Å². The molecule has 314 valence electrons. The first-order valence-corrected chi connectivity index (χ1v) is 21.3. The standard InChI is InChI=1S/C52H52N6O4/c1-35-17-45(29-57-13-7-14-57)51(59-31-41-19-39(23-53)25-55-27-41)21-49(35)61-33-43-9-5-11-47(37(43)3)48-12-6-10-44(38(48)4)34-62-50-22-52(46(18-36(50)2)30-58-15-8-16-58)60-32-42-20-40(24-54)26-56-28-42/h5-6,9-12,17-22,25-28H,7-8,13-16,29-34H2,1-4H3. The summed E-state index contributed by atoms with van der Waals surface area (Å²) in [5, 5.41) is 18.7. The average molecular weight is 825 g/mol. The number of nitriles is 2. The number of hydrogen-bond donors (Lipinski definition) is 0. The Morgan fingerprint density at radius 2 is 0.919 bits per heavy atom. The molecule has 4 heterocycles.